The Kier molecular flexibility index (Phi) is 3.58. The van der Waals surface area contributed by atoms with Gasteiger partial charge in [0.15, 0.2) is 0 Å². The summed E-state index contributed by atoms with van der Waals surface area (Å²) in [6, 6.07) is 18.7. The van der Waals surface area contributed by atoms with Crippen molar-refractivity contribution in [2.24, 2.45) is 0 Å². The van der Waals surface area contributed by atoms with Gasteiger partial charge in [-0.15, -0.1) is 0 Å². The second kappa shape index (κ2) is 5.13. The van der Waals surface area contributed by atoms with E-state index in [1.54, 1.807) is 0 Å². The van der Waals surface area contributed by atoms with Crippen LogP contribution < -0.4 is 0 Å². The quantitative estimate of drug-likeness (QED) is 0.683. The van der Waals surface area contributed by atoms with Crippen molar-refractivity contribution in [1.82, 2.24) is 0 Å². The Balaban J connectivity index is 2.36. The largest absolute Gasteiger partial charge is 0.0622 e. The van der Waals surface area contributed by atoms with Crippen LogP contribution in [0, 0.1) is 6.92 Å². The van der Waals surface area contributed by atoms with Crippen LogP contribution in [-0.4, -0.2) is 0 Å². The highest BCUT2D eigenvalue weighted by atomic mass is 79.9. The van der Waals surface area contributed by atoms with E-state index in [-0.39, 0.29) is 0 Å². The van der Waals surface area contributed by atoms with Crippen LogP contribution in [0.25, 0.3) is 10.6 Å². The van der Waals surface area contributed by atoms with Crippen LogP contribution >= 0.6 is 15.9 Å². The molecule has 2 aromatic carbocycles. The molecule has 0 N–H and O–H groups in total. The normalized spacial score (nSPS) is 11.5. The van der Waals surface area contributed by atoms with Crippen LogP contribution in [0.5, 0.6) is 0 Å². The van der Waals surface area contributed by atoms with Crippen LogP contribution in [0.4, 0.5) is 0 Å². The molecule has 0 aromatic heterocycles. The molecule has 0 unspecified atom stereocenters. The van der Waals surface area contributed by atoms with Gasteiger partial charge < -0.3 is 0 Å². The zero-order chi connectivity index (χ0) is 11.4. The van der Waals surface area contributed by atoms with Gasteiger partial charge in [0.2, 0.25) is 0 Å². The zero-order valence-corrected chi connectivity index (χ0v) is 10.7. The number of aryl methyl sites for hydroxylation is 1. The summed E-state index contributed by atoms with van der Waals surface area (Å²) in [5.74, 6) is 0. The summed E-state index contributed by atoms with van der Waals surface area (Å²) in [4.78, 5) is 0. The SMILES string of the molecule is Cc1ccccc1C(Br)=Cc1ccccc1. The molecule has 1 heteroatoms. The molecule has 0 amide bonds. The third-order valence-electron chi connectivity index (χ3n) is 2.50. The molecule has 0 aliphatic heterocycles. The lowest BCUT2D eigenvalue weighted by atomic mass is 10.1. The first-order valence-electron chi connectivity index (χ1n) is 5.25. The molecule has 0 fully saturated rings. The van der Waals surface area contributed by atoms with Crippen molar-refractivity contribution < 1.29 is 0 Å². The highest BCUT2D eigenvalue weighted by Crippen LogP contribution is 2.26. The van der Waals surface area contributed by atoms with Crippen molar-refractivity contribution in [1.29, 1.82) is 0 Å². The fraction of sp³-hybridized carbons (Fsp3) is 0.0667. The monoisotopic (exact) mass is 272 g/mol. The number of rotatable bonds is 2. The third kappa shape index (κ3) is 2.61. The minimum atomic E-state index is 1.12. The molecular weight excluding hydrogens is 260 g/mol. The minimum absolute atomic E-state index is 1.12. The Morgan fingerprint density at radius 2 is 1.56 bits per heavy atom. The Labute approximate surface area is 105 Å². The standard InChI is InChI=1S/C15H13Br/c1-12-7-5-6-10-14(12)15(16)11-13-8-3-2-4-9-13/h2-11H,1H3. The molecule has 0 aliphatic rings. The molecule has 0 spiro atoms. The smallest absolute Gasteiger partial charge is 0.0256 e. The topological polar surface area (TPSA) is 0 Å². The van der Waals surface area contributed by atoms with Crippen molar-refractivity contribution in [2.75, 3.05) is 0 Å². The second-order valence-electron chi connectivity index (χ2n) is 3.72. The van der Waals surface area contributed by atoms with Crippen molar-refractivity contribution in [3.63, 3.8) is 0 Å². The summed E-state index contributed by atoms with van der Waals surface area (Å²) in [6.07, 6.45) is 2.14. The summed E-state index contributed by atoms with van der Waals surface area (Å²) in [5.41, 5.74) is 3.73. The molecule has 0 heterocycles. The highest BCUT2D eigenvalue weighted by molar-refractivity contribution is 9.15. The summed E-state index contributed by atoms with van der Waals surface area (Å²) in [6.45, 7) is 2.12. The van der Waals surface area contributed by atoms with E-state index in [1.807, 2.05) is 18.2 Å². The van der Waals surface area contributed by atoms with Crippen LogP contribution in [0.1, 0.15) is 16.7 Å². The fourth-order valence-corrected chi connectivity index (χ4v) is 2.32. The molecule has 80 valence electrons. The summed E-state index contributed by atoms with van der Waals surface area (Å²) < 4.78 is 1.12. The summed E-state index contributed by atoms with van der Waals surface area (Å²) in [7, 11) is 0. The van der Waals surface area contributed by atoms with Crippen molar-refractivity contribution in [3.05, 3.63) is 71.3 Å². The lowest BCUT2D eigenvalue weighted by Crippen LogP contribution is -1.82. The van der Waals surface area contributed by atoms with Crippen molar-refractivity contribution in [2.45, 2.75) is 6.92 Å². The Morgan fingerprint density at radius 1 is 0.938 bits per heavy atom. The van der Waals surface area contributed by atoms with Gasteiger partial charge in [0, 0.05) is 4.48 Å². The van der Waals surface area contributed by atoms with Crippen LogP contribution in [0.3, 0.4) is 0 Å². The average Bonchev–Trinajstić information content (AvgIpc) is 2.31. The molecule has 16 heavy (non-hydrogen) atoms. The van der Waals surface area contributed by atoms with Crippen molar-refractivity contribution >= 4 is 26.5 Å². The maximum Gasteiger partial charge on any atom is 0.0256 e. The Morgan fingerprint density at radius 3 is 2.25 bits per heavy atom. The first-order chi connectivity index (χ1) is 7.77. The molecule has 0 nitrogen and oxygen atoms in total. The Hall–Kier alpha value is -1.34. The molecular formula is C15H13Br. The molecule has 0 radical (unpaired) electrons. The van der Waals surface area contributed by atoms with Gasteiger partial charge in [-0.25, -0.2) is 0 Å². The van der Waals surface area contributed by atoms with E-state index in [2.05, 4.69) is 65.3 Å². The molecule has 0 aliphatic carbocycles. The molecule has 0 atom stereocenters. The van der Waals surface area contributed by atoms with Gasteiger partial charge in [0.25, 0.3) is 0 Å². The predicted octanol–water partition coefficient (Wildman–Crippen LogP) is 4.89. The van der Waals surface area contributed by atoms with E-state index in [0.29, 0.717) is 0 Å². The van der Waals surface area contributed by atoms with Gasteiger partial charge in [-0.1, -0.05) is 70.5 Å². The average molecular weight is 273 g/mol. The lowest BCUT2D eigenvalue weighted by molar-refractivity contribution is 1.44. The van der Waals surface area contributed by atoms with Gasteiger partial charge in [0.05, 0.1) is 0 Å². The molecule has 2 rings (SSSR count). The summed E-state index contributed by atoms with van der Waals surface area (Å²) >= 11 is 3.63. The van der Waals surface area contributed by atoms with Crippen LogP contribution in [0.2, 0.25) is 0 Å². The minimum Gasteiger partial charge on any atom is -0.0622 e. The van der Waals surface area contributed by atoms with Crippen LogP contribution in [-0.2, 0) is 0 Å². The number of halogens is 1. The maximum atomic E-state index is 3.63. The lowest BCUT2D eigenvalue weighted by Gasteiger charge is -2.04. The van der Waals surface area contributed by atoms with E-state index in [0.717, 1.165) is 4.48 Å². The van der Waals surface area contributed by atoms with Gasteiger partial charge in [0.1, 0.15) is 0 Å². The van der Waals surface area contributed by atoms with Crippen LogP contribution in [0.15, 0.2) is 54.6 Å². The predicted molar refractivity (Wildman–Crippen MR) is 74.4 cm³/mol. The van der Waals surface area contributed by atoms with E-state index >= 15 is 0 Å². The number of hydrogen-bond acceptors (Lipinski definition) is 0. The maximum absolute atomic E-state index is 3.63. The van der Waals surface area contributed by atoms with E-state index < -0.39 is 0 Å². The van der Waals surface area contributed by atoms with E-state index in [1.165, 1.54) is 16.7 Å². The Bertz CT molecular complexity index is 498. The van der Waals surface area contributed by atoms with Gasteiger partial charge in [-0.05, 0) is 29.7 Å². The third-order valence-corrected chi connectivity index (χ3v) is 3.15. The molecule has 0 bridgehead atoms. The molecule has 0 saturated heterocycles. The highest BCUT2D eigenvalue weighted by Gasteiger charge is 2.00. The van der Waals surface area contributed by atoms with Gasteiger partial charge >= 0.3 is 0 Å². The van der Waals surface area contributed by atoms with Gasteiger partial charge in [-0.3, -0.25) is 0 Å². The number of hydrogen-bond donors (Lipinski definition) is 0. The molecule has 2 aromatic rings. The first-order valence-corrected chi connectivity index (χ1v) is 6.05. The van der Waals surface area contributed by atoms with Crippen molar-refractivity contribution in [3.8, 4) is 0 Å². The number of benzene rings is 2. The van der Waals surface area contributed by atoms with Gasteiger partial charge in [-0.2, -0.15) is 0 Å². The zero-order valence-electron chi connectivity index (χ0n) is 9.15. The van der Waals surface area contributed by atoms with E-state index in [9.17, 15) is 0 Å². The fourth-order valence-electron chi connectivity index (χ4n) is 1.61. The van der Waals surface area contributed by atoms with E-state index in [4.69, 9.17) is 0 Å². The second-order valence-corrected chi connectivity index (χ2v) is 4.57. The molecule has 0 saturated carbocycles. The first kappa shape index (κ1) is 11.2. The summed E-state index contributed by atoms with van der Waals surface area (Å²) in [5, 5.41) is 0.